The average molecular weight is 1020 g/mol. The highest BCUT2D eigenvalue weighted by Gasteiger charge is 2.56. The molecule has 0 spiro atoms. The van der Waals surface area contributed by atoms with E-state index < -0.39 is 91.3 Å². The third kappa shape index (κ3) is 33.4. The summed E-state index contributed by atoms with van der Waals surface area (Å²) in [6, 6.07) is 0. The van der Waals surface area contributed by atoms with Crippen LogP contribution in [0.2, 0.25) is 0 Å². The Morgan fingerprint density at radius 3 is 1.40 bits per heavy atom. The quantitative estimate of drug-likeness (QED) is 0.0123. The zero-order chi connectivity index (χ0) is 50.0. The predicted octanol–water partition coefficient (Wildman–Crippen LogP) is 8.62. The molecule has 0 aromatic carbocycles. The number of unbranched alkanes of at least 4 members (excludes halogenated alkanes) is 16. The van der Waals surface area contributed by atoms with Crippen molar-refractivity contribution in [3.8, 4) is 0 Å². The molecular formula is C45H81O19P3. The third-order valence-electron chi connectivity index (χ3n) is 10.6. The van der Waals surface area contributed by atoms with E-state index in [2.05, 4.69) is 59.4 Å². The van der Waals surface area contributed by atoms with Crippen molar-refractivity contribution >= 4 is 35.4 Å². The van der Waals surface area contributed by atoms with Gasteiger partial charge in [-0.2, -0.15) is 0 Å². The monoisotopic (exact) mass is 1020 g/mol. The van der Waals surface area contributed by atoms with Gasteiger partial charge in [-0.05, 0) is 77.0 Å². The first-order chi connectivity index (χ1) is 31.8. The fourth-order valence-electron chi connectivity index (χ4n) is 6.99. The predicted molar refractivity (Wildman–Crippen MR) is 252 cm³/mol. The number of esters is 2. The second-order valence-corrected chi connectivity index (χ2v) is 20.5. The van der Waals surface area contributed by atoms with Crippen LogP contribution in [-0.2, 0) is 50.9 Å². The maximum absolute atomic E-state index is 13.1. The lowest BCUT2D eigenvalue weighted by molar-refractivity contribution is -0.213. The summed E-state index contributed by atoms with van der Waals surface area (Å²) in [5.41, 5.74) is 0. The van der Waals surface area contributed by atoms with E-state index in [1.54, 1.807) is 0 Å². The Labute approximate surface area is 397 Å². The molecule has 0 aromatic rings. The first-order valence-corrected chi connectivity index (χ1v) is 28.5. The number of hydrogen-bond acceptors (Lipinski definition) is 14. The molecule has 1 aliphatic rings. The van der Waals surface area contributed by atoms with Gasteiger partial charge in [0.1, 0.15) is 43.2 Å². The summed E-state index contributed by atoms with van der Waals surface area (Å²) in [5.74, 6) is -1.35. The smallest absolute Gasteiger partial charge is 0.462 e. The van der Waals surface area contributed by atoms with Crippen molar-refractivity contribution in [1.82, 2.24) is 0 Å². The van der Waals surface area contributed by atoms with Crippen molar-refractivity contribution in [2.45, 2.75) is 211 Å². The van der Waals surface area contributed by atoms with Crippen LogP contribution in [0.3, 0.4) is 0 Å². The highest BCUT2D eigenvalue weighted by atomic mass is 31.2. The summed E-state index contributed by atoms with van der Waals surface area (Å²) >= 11 is 0. The van der Waals surface area contributed by atoms with Gasteiger partial charge < -0.3 is 49.3 Å². The number of aliphatic hydroxyl groups is 3. The largest absolute Gasteiger partial charge is 0.472 e. The van der Waals surface area contributed by atoms with Crippen LogP contribution in [0, 0.1) is 0 Å². The minimum absolute atomic E-state index is 0.0525. The molecule has 19 nitrogen and oxygen atoms in total. The Morgan fingerprint density at radius 2 is 0.866 bits per heavy atom. The SMILES string of the molecule is CCCCCC=CCC=CCC=CCCCCC(=O)O[C@H](COC(=O)CCCCCCCCCC=CCCCCCC)COP(=O)(O)O[C@H]1C(O)C(O)C(OP(=O)(O)O)[C@@H](OP(=O)(O)O)C1O. The fraction of sp³-hybridized carbons (Fsp3) is 0.778. The lowest BCUT2D eigenvalue weighted by atomic mass is 9.85. The van der Waals surface area contributed by atoms with E-state index in [0.717, 1.165) is 70.6 Å². The molecular weight excluding hydrogens is 937 g/mol. The first kappa shape index (κ1) is 63.1. The van der Waals surface area contributed by atoms with Gasteiger partial charge in [0.15, 0.2) is 6.10 Å². The van der Waals surface area contributed by atoms with Crippen molar-refractivity contribution in [2.24, 2.45) is 0 Å². The maximum Gasteiger partial charge on any atom is 0.472 e. The number of aliphatic hydroxyl groups excluding tert-OH is 3. The molecule has 8 atom stereocenters. The Bertz CT molecular complexity index is 1590. The summed E-state index contributed by atoms with van der Waals surface area (Å²) in [6.45, 7) is 2.86. The summed E-state index contributed by atoms with van der Waals surface area (Å²) < 4.78 is 65.4. The Kier molecular flexibility index (Phi) is 34.8. The molecule has 8 N–H and O–H groups in total. The molecule has 0 bridgehead atoms. The lowest BCUT2D eigenvalue weighted by Gasteiger charge is -2.44. The maximum atomic E-state index is 13.1. The van der Waals surface area contributed by atoms with E-state index in [1.807, 2.05) is 12.2 Å². The van der Waals surface area contributed by atoms with Crippen molar-refractivity contribution < 1.29 is 90.6 Å². The van der Waals surface area contributed by atoms with Crippen LogP contribution >= 0.6 is 23.5 Å². The van der Waals surface area contributed by atoms with Crippen LogP contribution in [0.25, 0.3) is 0 Å². The summed E-state index contributed by atoms with van der Waals surface area (Å²) in [7, 11) is -16.6. The zero-order valence-corrected chi connectivity index (χ0v) is 42.1. The zero-order valence-electron chi connectivity index (χ0n) is 39.5. The molecule has 22 heteroatoms. The van der Waals surface area contributed by atoms with Crippen molar-refractivity contribution in [1.29, 1.82) is 0 Å². The van der Waals surface area contributed by atoms with Gasteiger partial charge in [0, 0.05) is 12.8 Å². The molecule has 1 fully saturated rings. The number of carbonyl (C=O) groups is 2. The minimum Gasteiger partial charge on any atom is -0.462 e. The molecule has 0 radical (unpaired) electrons. The van der Waals surface area contributed by atoms with Crippen LogP contribution in [0.15, 0.2) is 48.6 Å². The van der Waals surface area contributed by atoms with Gasteiger partial charge in [-0.25, -0.2) is 13.7 Å². The summed E-state index contributed by atoms with van der Waals surface area (Å²) in [6.07, 6.45) is 22.8. The minimum atomic E-state index is -5.61. The van der Waals surface area contributed by atoms with Crippen molar-refractivity contribution in [3.63, 3.8) is 0 Å². The molecule has 0 aromatic heterocycles. The van der Waals surface area contributed by atoms with Crippen LogP contribution in [0.4, 0.5) is 0 Å². The topological polar surface area (TPSA) is 303 Å². The molecule has 67 heavy (non-hydrogen) atoms. The van der Waals surface area contributed by atoms with Gasteiger partial charge in [-0.1, -0.05) is 127 Å². The van der Waals surface area contributed by atoms with E-state index in [0.29, 0.717) is 25.7 Å². The summed E-state index contributed by atoms with van der Waals surface area (Å²) in [4.78, 5) is 73.2. The molecule has 0 aliphatic heterocycles. The molecule has 0 heterocycles. The van der Waals surface area contributed by atoms with Gasteiger partial charge >= 0.3 is 35.4 Å². The third-order valence-corrected chi connectivity index (χ3v) is 12.6. The van der Waals surface area contributed by atoms with Crippen molar-refractivity contribution in [2.75, 3.05) is 13.2 Å². The van der Waals surface area contributed by atoms with Gasteiger partial charge in [0.25, 0.3) is 0 Å². The number of rotatable bonds is 40. The number of phosphoric acid groups is 3. The first-order valence-electron chi connectivity index (χ1n) is 23.9. The van der Waals surface area contributed by atoms with Gasteiger partial charge in [-0.15, -0.1) is 0 Å². The number of carbonyl (C=O) groups excluding carboxylic acids is 2. The number of phosphoric ester groups is 3. The summed E-state index contributed by atoms with van der Waals surface area (Å²) in [5, 5.41) is 31.9. The molecule has 0 amide bonds. The van der Waals surface area contributed by atoms with E-state index in [1.165, 1.54) is 44.9 Å². The van der Waals surface area contributed by atoms with E-state index in [4.69, 9.17) is 18.5 Å². The van der Waals surface area contributed by atoms with Crippen LogP contribution in [0.5, 0.6) is 0 Å². The van der Waals surface area contributed by atoms with E-state index >= 15 is 0 Å². The molecule has 0 saturated heterocycles. The molecule has 5 unspecified atom stereocenters. The van der Waals surface area contributed by atoms with Gasteiger partial charge in [-0.3, -0.25) is 27.7 Å². The fourth-order valence-corrected chi connectivity index (χ4v) is 9.09. The van der Waals surface area contributed by atoms with Crippen LogP contribution in [0.1, 0.15) is 168 Å². The second-order valence-electron chi connectivity index (χ2n) is 16.7. The normalized spacial score (nSPS) is 22.0. The van der Waals surface area contributed by atoms with Crippen LogP contribution < -0.4 is 0 Å². The number of ether oxygens (including phenoxy) is 2. The van der Waals surface area contributed by atoms with E-state index in [9.17, 15) is 63.1 Å². The molecule has 390 valence electrons. The highest BCUT2D eigenvalue weighted by molar-refractivity contribution is 7.47. The number of allylic oxidation sites excluding steroid dienone is 8. The van der Waals surface area contributed by atoms with Crippen molar-refractivity contribution in [3.05, 3.63) is 48.6 Å². The van der Waals surface area contributed by atoms with Gasteiger partial charge in [0.2, 0.25) is 0 Å². The Morgan fingerprint density at radius 1 is 0.478 bits per heavy atom. The van der Waals surface area contributed by atoms with E-state index in [-0.39, 0.29) is 12.8 Å². The average Bonchev–Trinajstić information content (AvgIpc) is 3.25. The highest BCUT2D eigenvalue weighted by Crippen LogP contribution is 2.51. The lowest BCUT2D eigenvalue weighted by Crippen LogP contribution is -2.65. The van der Waals surface area contributed by atoms with Gasteiger partial charge in [0.05, 0.1) is 6.61 Å². The number of hydrogen-bond donors (Lipinski definition) is 8. The molecule has 1 rings (SSSR count). The Balaban J connectivity index is 2.77. The second kappa shape index (κ2) is 37.0. The standard InChI is InChI=1S/C45H81O19P3/c1-3-5-7-9-11-13-15-17-19-21-23-25-27-29-31-33-38(46)59-35-37(61-39(47)34-32-30-28-26-24-22-20-18-16-14-12-10-8-6-4-2)36-60-67(57,58)64-43-40(48)41(49)44(62-65(51,52)53)45(42(43)50)63-66(54,55)56/h12-15,18,20,24,26,37,40-45,48-50H,3-11,16-17,19,21-23,25,27-36H2,1-2H3,(H,57,58)(H2,51,52,53)(H2,54,55,56)/t37-,40?,41?,42?,43+,44?,45+/m1/s1. The Hall–Kier alpha value is -1.89. The molecule has 1 saturated carbocycles. The molecule has 1 aliphatic carbocycles. The van der Waals surface area contributed by atoms with Crippen LogP contribution in [-0.4, -0.2) is 108 Å².